The Morgan fingerprint density at radius 1 is 0.714 bits per heavy atom. The summed E-state index contributed by atoms with van der Waals surface area (Å²) in [6.07, 6.45) is 0. The van der Waals surface area contributed by atoms with E-state index in [4.69, 9.17) is 11.5 Å². The van der Waals surface area contributed by atoms with Crippen LogP contribution in [0.25, 0.3) is 0 Å². The van der Waals surface area contributed by atoms with Crippen LogP contribution in [0.2, 0.25) is 0 Å². The number of hydrogen-bond donors (Lipinski definition) is 2. The number of nitrogens with two attached hydrogens (primary N) is 2. The Morgan fingerprint density at radius 3 is 1.81 bits per heavy atom. The van der Waals surface area contributed by atoms with Crippen LogP contribution in [0, 0.1) is 0 Å². The molecule has 1 saturated heterocycles. The van der Waals surface area contributed by atoms with E-state index in [1.165, 1.54) is 11.3 Å². The highest BCUT2D eigenvalue weighted by Crippen LogP contribution is 2.19. The summed E-state index contributed by atoms with van der Waals surface area (Å²) in [5.74, 6) is 0. The Kier molecular flexibility index (Phi) is 3.97. The third-order valence-corrected chi connectivity index (χ3v) is 4.02. The molecular formula is C17H22N4. The van der Waals surface area contributed by atoms with E-state index in [1.807, 2.05) is 24.3 Å². The monoisotopic (exact) mass is 282 g/mol. The van der Waals surface area contributed by atoms with Crippen molar-refractivity contribution in [2.45, 2.75) is 6.54 Å². The van der Waals surface area contributed by atoms with E-state index in [9.17, 15) is 0 Å². The minimum absolute atomic E-state index is 0.820. The van der Waals surface area contributed by atoms with Crippen molar-refractivity contribution in [1.29, 1.82) is 0 Å². The summed E-state index contributed by atoms with van der Waals surface area (Å²) in [7, 11) is 0. The van der Waals surface area contributed by atoms with Crippen LogP contribution in [0.3, 0.4) is 0 Å². The average molecular weight is 282 g/mol. The van der Waals surface area contributed by atoms with E-state index in [-0.39, 0.29) is 0 Å². The predicted octanol–water partition coefficient (Wildman–Crippen LogP) is 2.17. The Hall–Kier alpha value is -2.20. The third kappa shape index (κ3) is 3.47. The van der Waals surface area contributed by atoms with Gasteiger partial charge in [-0.25, -0.2) is 0 Å². The van der Waals surface area contributed by atoms with E-state index in [0.29, 0.717) is 0 Å². The lowest BCUT2D eigenvalue weighted by molar-refractivity contribution is 0.250. The quantitative estimate of drug-likeness (QED) is 0.847. The van der Waals surface area contributed by atoms with Crippen LogP contribution < -0.4 is 16.4 Å². The normalized spacial score (nSPS) is 16.1. The maximum Gasteiger partial charge on any atom is 0.0368 e. The fourth-order valence-corrected chi connectivity index (χ4v) is 2.73. The number of benzene rings is 2. The van der Waals surface area contributed by atoms with Crippen molar-refractivity contribution in [3.63, 3.8) is 0 Å². The minimum atomic E-state index is 0.820. The second-order valence-electron chi connectivity index (χ2n) is 5.60. The number of nitrogens with zero attached hydrogens (tertiary/aromatic N) is 2. The van der Waals surface area contributed by atoms with Crippen molar-refractivity contribution in [3.8, 4) is 0 Å². The van der Waals surface area contributed by atoms with E-state index < -0.39 is 0 Å². The molecule has 110 valence electrons. The molecule has 0 saturated carbocycles. The van der Waals surface area contributed by atoms with Gasteiger partial charge in [0.1, 0.15) is 0 Å². The summed E-state index contributed by atoms with van der Waals surface area (Å²) in [6.45, 7) is 5.26. The van der Waals surface area contributed by atoms with Crippen LogP contribution in [-0.2, 0) is 6.54 Å². The van der Waals surface area contributed by atoms with Crippen LogP contribution in [0.4, 0.5) is 17.1 Å². The second kappa shape index (κ2) is 6.06. The summed E-state index contributed by atoms with van der Waals surface area (Å²) in [6, 6.07) is 16.3. The highest BCUT2D eigenvalue weighted by molar-refractivity contribution is 5.53. The molecule has 4 heteroatoms. The molecule has 21 heavy (non-hydrogen) atoms. The Labute approximate surface area is 126 Å². The molecule has 4 N–H and O–H groups in total. The summed E-state index contributed by atoms with van der Waals surface area (Å²) >= 11 is 0. The van der Waals surface area contributed by atoms with E-state index in [0.717, 1.165) is 44.1 Å². The summed E-state index contributed by atoms with van der Waals surface area (Å²) in [5.41, 5.74) is 15.7. The van der Waals surface area contributed by atoms with Crippen molar-refractivity contribution in [3.05, 3.63) is 54.1 Å². The predicted molar refractivity (Wildman–Crippen MR) is 89.2 cm³/mol. The van der Waals surface area contributed by atoms with Gasteiger partial charge in [0.15, 0.2) is 0 Å². The Balaban J connectivity index is 1.55. The van der Waals surface area contributed by atoms with E-state index in [1.54, 1.807) is 0 Å². The number of piperazine rings is 1. The van der Waals surface area contributed by atoms with Crippen molar-refractivity contribution < 1.29 is 0 Å². The molecule has 0 unspecified atom stereocenters. The van der Waals surface area contributed by atoms with Gasteiger partial charge < -0.3 is 16.4 Å². The van der Waals surface area contributed by atoms with Gasteiger partial charge >= 0.3 is 0 Å². The van der Waals surface area contributed by atoms with Gasteiger partial charge in [-0.15, -0.1) is 0 Å². The van der Waals surface area contributed by atoms with Gasteiger partial charge in [0.05, 0.1) is 0 Å². The first-order chi connectivity index (χ1) is 10.2. The molecule has 1 aliphatic heterocycles. The molecule has 4 nitrogen and oxygen atoms in total. The molecule has 0 aromatic heterocycles. The zero-order valence-corrected chi connectivity index (χ0v) is 12.2. The number of nitrogen functional groups attached to an aromatic ring is 2. The summed E-state index contributed by atoms with van der Waals surface area (Å²) in [5, 5.41) is 0. The molecule has 1 fully saturated rings. The molecule has 3 rings (SSSR count). The lowest BCUT2D eigenvalue weighted by atomic mass is 10.1. The van der Waals surface area contributed by atoms with Crippen molar-refractivity contribution in [2.75, 3.05) is 42.5 Å². The van der Waals surface area contributed by atoms with Gasteiger partial charge in [0, 0.05) is 49.8 Å². The zero-order valence-electron chi connectivity index (χ0n) is 12.2. The number of rotatable bonds is 3. The zero-order chi connectivity index (χ0) is 14.7. The van der Waals surface area contributed by atoms with Crippen LogP contribution in [0.1, 0.15) is 5.56 Å². The van der Waals surface area contributed by atoms with Crippen molar-refractivity contribution >= 4 is 17.1 Å². The van der Waals surface area contributed by atoms with Gasteiger partial charge in [0.2, 0.25) is 0 Å². The van der Waals surface area contributed by atoms with Gasteiger partial charge in [-0.05, 0) is 42.0 Å². The first kappa shape index (κ1) is 13.8. The highest BCUT2D eigenvalue weighted by atomic mass is 15.3. The first-order valence-corrected chi connectivity index (χ1v) is 7.38. The lowest BCUT2D eigenvalue weighted by Crippen LogP contribution is -2.45. The van der Waals surface area contributed by atoms with Crippen LogP contribution in [0.15, 0.2) is 48.5 Å². The summed E-state index contributed by atoms with van der Waals surface area (Å²) < 4.78 is 0. The van der Waals surface area contributed by atoms with E-state index in [2.05, 4.69) is 34.1 Å². The van der Waals surface area contributed by atoms with Crippen LogP contribution in [-0.4, -0.2) is 31.1 Å². The van der Waals surface area contributed by atoms with Crippen molar-refractivity contribution in [1.82, 2.24) is 4.90 Å². The molecule has 2 aromatic rings. The molecule has 0 spiro atoms. The smallest absolute Gasteiger partial charge is 0.0368 e. The lowest BCUT2D eigenvalue weighted by Gasteiger charge is -2.36. The molecule has 0 radical (unpaired) electrons. The van der Waals surface area contributed by atoms with Crippen molar-refractivity contribution in [2.24, 2.45) is 0 Å². The molecule has 0 amide bonds. The highest BCUT2D eigenvalue weighted by Gasteiger charge is 2.17. The SMILES string of the molecule is Nc1ccc(CN2CCN(c3ccc(N)cc3)CC2)cc1. The molecule has 0 aliphatic carbocycles. The molecular weight excluding hydrogens is 260 g/mol. The molecule has 0 bridgehead atoms. The first-order valence-electron chi connectivity index (χ1n) is 7.38. The number of hydrogen-bond acceptors (Lipinski definition) is 4. The minimum Gasteiger partial charge on any atom is -0.399 e. The summed E-state index contributed by atoms with van der Waals surface area (Å²) in [4.78, 5) is 4.90. The second-order valence-corrected chi connectivity index (χ2v) is 5.60. The van der Waals surface area contributed by atoms with Gasteiger partial charge in [0.25, 0.3) is 0 Å². The largest absolute Gasteiger partial charge is 0.399 e. The molecule has 1 heterocycles. The van der Waals surface area contributed by atoms with Crippen LogP contribution in [0.5, 0.6) is 0 Å². The fourth-order valence-electron chi connectivity index (χ4n) is 2.73. The van der Waals surface area contributed by atoms with Gasteiger partial charge in [-0.1, -0.05) is 12.1 Å². The van der Waals surface area contributed by atoms with Gasteiger partial charge in [-0.2, -0.15) is 0 Å². The van der Waals surface area contributed by atoms with E-state index >= 15 is 0 Å². The third-order valence-electron chi connectivity index (χ3n) is 4.02. The number of anilines is 3. The molecule has 0 atom stereocenters. The average Bonchev–Trinajstić information content (AvgIpc) is 2.51. The maximum absolute atomic E-state index is 5.74. The fraction of sp³-hybridized carbons (Fsp3) is 0.294. The molecule has 1 aliphatic rings. The Bertz CT molecular complexity index is 569. The maximum atomic E-state index is 5.74. The molecule has 2 aromatic carbocycles. The topological polar surface area (TPSA) is 58.5 Å². The standard InChI is InChI=1S/C17H22N4/c18-15-3-1-14(2-4-15)13-20-9-11-21(12-10-20)17-7-5-16(19)6-8-17/h1-8H,9-13,18-19H2. The Morgan fingerprint density at radius 2 is 1.24 bits per heavy atom. The van der Waals surface area contributed by atoms with Crippen LogP contribution >= 0.6 is 0 Å². The van der Waals surface area contributed by atoms with Gasteiger partial charge in [-0.3, -0.25) is 4.90 Å².